The van der Waals surface area contributed by atoms with Crippen molar-refractivity contribution in [3.63, 3.8) is 0 Å². The lowest BCUT2D eigenvalue weighted by molar-refractivity contribution is -0.118. The molecule has 1 heterocycles. The zero-order chi connectivity index (χ0) is 16.1. The average Bonchev–Trinajstić information content (AvgIpc) is 2.42. The van der Waals surface area contributed by atoms with Gasteiger partial charge in [-0.2, -0.15) is 0 Å². The van der Waals surface area contributed by atoms with Gasteiger partial charge in [-0.05, 0) is 29.5 Å². The van der Waals surface area contributed by atoms with Gasteiger partial charge in [-0.25, -0.2) is 4.79 Å². The van der Waals surface area contributed by atoms with E-state index in [1.54, 1.807) is 25.2 Å². The molecule has 0 saturated carbocycles. The molecule has 2 N–H and O–H groups in total. The normalized spacial score (nSPS) is 24.1. The molecule has 22 heavy (non-hydrogen) atoms. The predicted molar refractivity (Wildman–Crippen MR) is 82.2 cm³/mol. The predicted octanol–water partition coefficient (Wildman–Crippen LogP) is 2.73. The van der Waals surface area contributed by atoms with E-state index in [1.807, 2.05) is 19.9 Å². The van der Waals surface area contributed by atoms with E-state index in [9.17, 15) is 14.7 Å². The SMILES string of the molecule is CN1C(=O)NC(c2cccc(O)c2)C2=C1CC(C)(C)CC2=O. The summed E-state index contributed by atoms with van der Waals surface area (Å²) in [5.74, 6) is 0.183. The van der Waals surface area contributed by atoms with Crippen LogP contribution in [-0.2, 0) is 4.79 Å². The lowest BCUT2D eigenvalue weighted by Gasteiger charge is -2.42. The van der Waals surface area contributed by atoms with Crippen LogP contribution >= 0.6 is 0 Å². The van der Waals surface area contributed by atoms with Crippen molar-refractivity contribution in [3.8, 4) is 5.75 Å². The summed E-state index contributed by atoms with van der Waals surface area (Å²) in [6.07, 6.45) is 1.15. The molecule has 1 aromatic rings. The molecule has 1 unspecified atom stereocenters. The van der Waals surface area contributed by atoms with Crippen molar-refractivity contribution in [2.24, 2.45) is 5.41 Å². The van der Waals surface area contributed by atoms with Crippen molar-refractivity contribution in [1.29, 1.82) is 0 Å². The van der Waals surface area contributed by atoms with Gasteiger partial charge in [0.2, 0.25) is 0 Å². The molecule has 2 aliphatic rings. The molecule has 5 nitrogen and oxygen atoms in total. The van der Waals surface area contributed by atoms with Crippen molar-refractivity contribution in [2.45, 2.75) is 32.7 Å². The van der Waals surface area contributed by atoms with Crippen LogP contribution in [0.2, 0.25) is 0 Å². The highest BCUT2D eigenvalue weighted by Gasteiger charge is 2.42. The molecule has 5 heteroatoms. The quantitative estimate of drug-likeness (QED) is 0.838. The first-order valence-corrected chi connectivity index (χ1v) is 7.38. The number of carbonyl (C=O) groups is 2. The maximum atomic E-state index is 12.7. The molecule has 3 rings (SSSR count). The zero-order valence-corrected chi connectivity index (χ0v) is 13.0. The maximum absolute atomic E-state index is 12.7. The minimum Gasteiger partial charge on any atom is -0.508 e. The number of phenolic OH excluding ortho intramolecular Hbond substituents is 1. The van der Waals surface area contributed by atoms with Crippen molar-refractivity contribution in [3.05, 3.63) is 41.1 Å². The summed E-state index contributed by atoms with van der Waals surface area (Å²) >= 11 is 0. The smallest absolute Gasteiger partial charge is 0.322 e. The molecule has 0 aromatic heterocycles. The van der Waals surface area contributed by atoms with E-state index in [1.165, 1.54) is 4.90 Å². The molecule has 1 aliphatic carbocycles. The van der Waals surface area contributed by atoms with Crippen molar-refractivity contribution >= 4 is 11.8 Å². The highest BCUT2D eigenvalue weighted by Crippen LogP contribution is 2.43. The molecule has 0 fully saturated rings. The largest absolute Gasteiger partial charge is 0.508 e. The summed E-state index contributed by atoms with van der Waals surface area (Å²) in [5.41, 5.74) is 2.01. The number of Topliss-reactive ketones (excluding diaryl/α,β-unsaturated/α-hetero) is 1. The first-order valence-electron chi connectivity index (χ1n) is 7.38. The summed E-state index contributed by atoms with van der Waals surface area (Å²) in [5, 5.41) is 12.5. The van der Waals surface area contributed by atoms with E-state index in [0.29, 0.717) is 18.4 Å². The second-order valence-corrected chi connectivity index (χ2v) is 6.84. The Morgan fingerprint density at radius 1 is 1.27 bits per heavy atom. The maximum Gasteiger partial charge on any atom is 0.322 e. The summed E-state index contributed by atoms with van der Waals surface area (Å²) in [6.45, 7) is 4.08. The van der Waals surface area contributed by atoms with Gasteiger partial charge in [-0.3, -0.25) is 4.79 Å². The van der Waals surface area contributed by atoms with Gasteiger partial charge in [0.15, 0.2) is 5.78 Å². The number of hydrogen-bond acceptors (Lipinski definition) is 3. The van der Waals surface area contributed by atoms with Gasteiger partial charge < -0.3 is 15.3 Å². The van der Waals surface area contributed by atoms with Crippen LogP contribution in [0.4, 0.5) is 4.79 Å². The van der Waals surface area contributed by atoms with Crippen molar-refractivity contribution in [2.75, 3.05) is 7.05 Å². The minimum atomic E-state index is -0.491. The highest BCUT2D eigenvalue weighted by atomic mass is 16.3. The van der Waals surface area contributed by atoms with Gasteiger partial charge in [0.1, 0.15) is 5.75 Å². The van der Waals surface area contributed by atoms with Crippen LogP contribution in [0.5, 0.6) is 5.75 Å². The minimum absolute atomic E-state index is 0.0615. The van der Waals surface area contributed by atoms with Gasteiger partial charge in [-0.15, -0.1) is 0 Å². The number of nitrogens with zero attached hydrogens (tertiary/aromatic N) is 1. The Morgan fingerprint density at radius 3 is 2.68 bits per heavy atom. The summed E-state index contributed by atoms with van der Waals surface area (Å²) < 4.78 is 0. The number of carbonyl (C=O) groups excluding carboxylic acids is 2. The number of allylic oxidation sites excluding steroid dienone is 1. The fraction of sp³-hybridized carbons (Fsp3) is 0.412. The van der Waals surface area contributed by atoms with Gasteiger partial charge in [0.25, 0.3) is 0 Å². The lowest BCUT2D eigenvalue weighted by Crippen LogP contribution is -2.49. The summed E-state index contributed by atoms with van der Waals surface area (Å²) in [4.78, 5) is 26.4. The molecular weight excluding hydrogens is 280 g/mol. The fourth-order valence-corrected chi connectivity index (χ4v) is 3.30. The van der Waals surface area contributed by atoms with Gasteiger partial charge in [-0.1, -0.05) is 26.0 Å². The van der Waals surface area contributed by atoms with Crippen LogP contribution in [0.3, 0.4) is 0 Å². The molecule has 0 saturated heterocycles. The summed E-state index contributed by atoms with van der Waals surface area (Å²) in [7, 11) is 1.69. The first-order chi connectivity index (χ1) is 10.3. The Morgan fingerprint density at radius 2 is 2.00 bits per heavy atom. The van der Waals surface area contributed by atoms with E-state index in [0.717, 1.165) is 11.3 Å². The van der Waals surface area contributed by atoms with Crippen LogP contribution < -0.4 is 5.32 Å². The standard InChI is InChI=1S/C17H20N2O3/c1-17(2)8-12-14(13(21)9-17)15(18-16(22)19(12)3)10-5-4-6-11(20)7-10/h4-7,15,20H,8-9H2,1-3H3,(H,18,22). The number of hydrogen-bond donors (Lipinski definition) is 2. The van der Waals surface area contributed by atoms with E-state index in [4.69, 9.17) is 0 Å². The molecule has 0 radical (unpaired) electrons. The van der Waals surface area contributed by atoms with Gasteiger partial charge in [0.05, 0.1) is 6.04 Å². The van der Waals surface area contributed by atoms with Crippen LogP contribution in [0.15, 0.2) is 35.5 Å². The fourth-order valence-electron chi connectivity index (χ4n) is 3.30. The van der Waals surface area contributed by atoms with E-state index < -0.39 is 6.04 Å². The second kappa shape index (κ2) is 4.87. The van der Waals surface area contributed by atoms with E-state index >= 15 is 0 Å². The van der Waals surface area contributed by atoms with Crippen LogP contribution in [-0.4, -0.2) is 28.9 Å². The number of phenols is 1. The van der Waals surface area contributed by atoms with E-state index in [-0.39, 0.29) is 23.0 Å². The summed E-state index contributed by atoms with van der Waals surface area (Å²) in [6, 6.07) is 5.97. The highest BCUT2D eigenvalue weighted by molar-refractivity contribution is 6.01. The monoisotopic (exact) mass is 300 g/mol. The second-order valence-electron chi connectivity index (χ2n) is 6.84. The lowest BCUT2D eigenvalue weighted by atomic mass is 9.72. The van der Waals surface area contributed by atoms with Gasteiger partial charge in [0, 0.05) is 24.7 Å². The first kappa shape index (κ1) is 14.6. The molecule has 116 valence electrons. The van der Waals surface area contributed by atoms with Gasteiger partial charge >= 0.3 is 6.03 Å². The number of amides is 2. The number of rotatable bonds is 1. The number of nitrogens with one attached hydrogen (secondary N) is 1. The van der Waals surface area contributed by atoms with Crippen LogP contribution in [0.1, 0.15) is 38.3 Å². The molecule has 0 bridgehead atoms. The Kier molecular flexibility index (Phi) is 3.24. The van der Waals surface area contributed by atoms with Crippen LogP contribution in [0.25, 0.3) is 0 Å². The Balaban J connectivity index is 2.13. The van der Waals surface area contributed by atoms with Crippen molar-refractivity contribution in [1.82, 2.24) is 10.2 Å². The Bertz CT molecular complexity index is 691. The topological polar surface area (TPSA) is 69.6 Å². The molecule has 0 spiro atoms. The third-order valence-corrected chi connectivity index (χ3v) is 4.37. The number of urea groups is 1. The molecule has 1 aliphatic heterocycles. The number of ketones is 1. The molecular formula is C17H20N2O3. The van der Waals surface area contributed by atoms with E-state index in [2.05, 4.69) is 5.32 Å². The molecule has 1 atom stereocenters. The molecule has 2 amide bonds. The Labute approximate surface area is 129 Å². The third kappa shape index (κ3) is 2.36. The number of aromatic hydroxyl groups is 1. The third-order valence-electron chi connectivity index (χ3n) is 4.37. The average molecular weight is 300 g/mol. The number of benzene rings is 1. The zero-order valence-electron chi connectivity index (χ0n) is 13.0. The van der Waals surface area contributed by atoms with Crippen molar-refractivity contribution < 1.29 is 14.7 Å². The Hall–Kier alpha value is -2.30. The van der Waals surface area contributed by atoms with Crippen LogP contribution in [0, 0.1) is 5.41 Å². The molecule has 1 aromatic carbocycles.